The van der Waals surface area contributed by atoms with Crippen LogP contribution in [-0.4, -0.2) is 42.9 Å². The molecule has 3 rings (SSSR count). The van der Waals surface area contributed by atoms with E-state index in [0.717, 1.165) is 38.6 Å². The van der Waals surface area contributed by atoms with Gasteiger partial charge in [-0.25, -0.2) is 0 Å². The van der Waals surface area contributed by atoms with Crippen LogP contribution in [0, 0.1) is 18.8 Å². The molecule has 0 spiro atoms. The SMILES string of the molecule is COC(=O)CCCC(=O)N(Cc1cc2c(cc1C)C(C)(C)CCC2(C)C)CC1CCC(CN=C(N)N)CC1. The third-order valence-corrected chi connectivity index (χ3v) is 9.00. The van der Waals surface area contributed by atoms with Crippen LogP contribution in [0.3, 0.4) is 0 Å². The highest BCUT2D eigenvalue weighted by Crippen LogP contribution is 2.46. The fraction of sp³-hybridized carbons (Fsp3) is 0.710. The number of rotatable bonds is 10. The lowest BCUT2D eigenvalue weighted by atomic mass is 9.62. The molecule has 1 fully saturated rings. The summed E-state index contributed by atoms with van der Waals surface area (Å²) in [4.78, 5) is 31.4. The van der Waals surface area contributed by atoms with Gasteiger partial charge in [0.05, 0.1) is 7.11 Å². The molecule has 2 aliphatic rings. The lowest BCUT2D eigenvalue weighted by molar-refractivity contribution is -0.141. The molecule has 2 aliphatic carbocycles. The van der Waals surface area contributed by atoms with Crippen LogP contribution < -0.4 is 11.5 Å². The third kappa shape index (κ3) is 7.73. The van der Waals surface area contributed by atoms with Gasteiger partial charge in [0.1, 0.15) is 0 Å². The Kier molecular flexibility index (Phi) is 9.88. The van der Waals surface area contributed by atoms with Crippen LogP contribution in [0.2, 0.25) is 0 Å². The second-order valence-corrected chi connectivity index (χ2v) is 12.9. The molecule has 1 aromatic carbocycles. The average Bonchev–Trinajstić information content (AvgIpc) is 2.86. The lowest BCUT2D eigenvalue weighted by Crippen LogP contribution is -2.37. The Bertz CT molecular complexity index is 1020. The highest BCUT2D eigenvalue weighted by Gasteiger charge is 2.37. The van der Waals surface area contributed by atoms with Crippen LogP contribution in [0.5, 0.6) is 0 Å². The van der Waals surface area contributed by atoms with E-state index < -0.39 is 0 Å². The number of esters is 1. The number of carbonyl (C=O) groups is 2. The Morgan fingerprint density at radius 2 is 1.55 bits per heavy atom. The van der Waals surface area contributed by atoms with E-state index in [-0.39, 0.29) is 35.1 Å². The van der Waals surface area contributed by atoms with Crippen molar-refractivity contribution in [3.63, 3.8) is 0 Å². The first-order valence-corrected chi connectivity index (χ1v) is 14.4. The van der Waals surface area contributed by atoms with Gasteiger partial charge in [-0.2, -0.15) is 0 Å². The van der Waals surface area contributed by atoms with Gasteiger partial charge in [0.15, 0.2) is 5.96 Å². The molecular formula is C31H50N4O3. The van der Waals surface area contributed by atoms with Crippen molar-refractivity contribution in [2.75, 3.05) is 20.2 Å². The molecule has 0 aromatic heterocycles. The maximum atomic E-state index is 13.5. The van der Waals surface area contributed by atoms with E-state index in [9.17, 15) is 9.59 Å². The van der Waals surface area contributed by atoms with Crippen LogP contribution in [-0.2, 0) is 31.7 Å². The van der Waals surface area contributed by atoms with Crippen molar-refractivity contribution >= 4 is 17.8 Å². The van der Waals surface area contributed by atoms with E-state index in [4.69, 9.17) is 16.2 Å². The lowest BCUT2D eigenvalue weighted by Gasteiger charge is -2.42. The Labute approximate surface area is 229 Å². The molecule has 4 N–H and O–H groups in total. The predicted molar refractivity (Wildman–Crippen MR) is 154 cm³/mol. The Hall–Kier alpha value is -2.57. The van der Waals surface area contributed by atoms with E-state index >= 15 is 0 Å². The third-order valence-electron chi connectivity index (χ3n) is 9.00. The van der Waals surface area contributed by atoms with Gasteiger partial charge >= 0.3 is 5.97 Å². The number of benzene rings is 1. The van der Waals surface area contributed by atoms with Crippen molar-refractivity contribution in [2.24, 2.45) is 28.3 Å². The number of aliphatic imine (C=N–C) groups is 1. The number of methoxy groups -OCH3 is 1. The Morgan fingerprint density at radius 1 is 0.974 bits per heavy atom. The second-order valence-electron chi connectivity index (χ2n) is 12.9. The highest BCUT2D eigenvalue weighted by molar-refractivity contribution is 5.77. The van der Waals surface area contributed by atoms with Gasteiger partial charge in [0.25, 0.3) is 0 Å². The van der Waals surface area contributed by atoms with Gasteiger partial charge in [-0.1, -0.05) is 39.8 Å². The highest BCUT2D eigenvalue weighted by atomic mass is 16.5. The zero-order chi connectivity index (χ0) is 28.1. The van der Waals surface area contributed by atoms with Crippen molar-refractivity contribution < 1.29 is 14.3 Å². The number of hydrogen-bond donors (Lipinski definition) is 2. The first-order chi connectivity index (χ1) is 17.8. The molecule has 0 bridgehead atoms. The summed E-state index contributed by atoms with van der Waals surface area (Å²) in [5, 5.41) is 0. The second kappa shape index (κ2) is 12.5. The van der Waals surface area contributed by atoms with E-state index in [0.29, 0.717) is 37.8 Å². The molecule has 1 amide bonds. The Balaban J connectivity index is 1.78. The molecule has 0 aliphatic heterocycles. The van der Waals surface area contributed by atoms with Gasteiger partial charge in [0.2, 0.25) is 5.91 Å². The molecule has 0 heterocycles. The van der Waals surface area contributed by atoms with Crippen LogP contribution in [0.25, 0.3) is 0 Å². The fourth-order valence-corrected chi connectivity index (χ4v) is 6.18. The van der Waals surface area contributed by atoms with Crippen molar-refractivity contribution in [2.45, 2.75) is 110 Å². The first-order valence-electron chi connectivity index (χ1n) is 14.4. The molecule has 0 radical (unpaired) electrons. The average molecular weight is 527 g/mol. The van der Waals surface area contributed by atoms with Crippen LogP contribution in [0.4, 0.5) is 0 Å². The minimum atomic E-state index is -0.265. The van der Waals surface area contributed by atoms with E-state index in [2.05, 4.69) is 51.7 Å². The Morgan fingerprint density at radius 3 is 2.13 bits per heavy atom. The number of nitrogens with zero attached hydrogens (tertiary/aromatic N) is 2. The summed E-state index contributed by atoms with van der Waals surface area (Å²) in [6.07, 6.45) is 7.78. The fourth-order valence-electron chi connectivity index (χ4n) is 6.18. The number of hydrogen-bond acceptors (Lipinski definition) is 4. The molecular weight excluding hydrogens is 476 g/mol. The zero-order valence-corrected chi connectivity index (χ0v) is 24.6. The van der Waals surface area contributed by atoms with Crippen molar-refractivity contribution in [3.8, 4) is 0 Å². The summed E-state index contributed by atoms with van der Waals surface area (Å²) in [7, 11) is 1.39. The summed E-state index contributed by atoms with van der Waals surface area (Å²) in [6, 6.07) is 4.76. The topological polar surface area (TPSA) is 111 Å². The molecule has 7 nitrogen and oxygen atoms in total. The molecule has 0 atom stereocenters. The quantitative estimate of drug-likeness (QED) is 0.250. The smallest absolute Gasteiger partial charge is 0.305 e. The monoisotopic (exact) mass is 526 g/mol. The van der Waals surface area contributed by atoms with E-state index in [1.807, 2.05) is 4.90 Å². The van der Waals surface area contributed by atoms with Crippen LogP contribution in [0.1, 0.15) is 108 Å². The normalized spacial score (nSPS) is 21.7. The van der Waals surface area contributed by atoms with E-state index in [1.54, 1.807) is 0 Å². The zero-order valence-electron chi connectivity index (χ0n) is 24.6. The van der Waals surface area contributed by atoms with Crippen molar-refractivity contribution in [1.82, 2.24) is 4.90 Å². The molecule has 0 unspecified atom stereocenters. The largest absolute Gasteiger partial charge is 0.469 e. The van der Waals surface area contributed by atoms with Gasteiger partial charge in [-0.15, -0.1) is 0 Å². The number of nitrogens with two attached hydrogens (primary N) is 2. The standard InChI is InChI=1S/C31H50N4O3/c1-21-16-25-26(31(4,5)15-14-30(25,2)3)17-24(21)20-35(27(36)8-7-9-28(37)38-6)19-23-12-10-22(11-13-23)18-34-29(32)33/h16-17,22-23H,7-15,18-20H2,1-6H3,(H4,32,33,34). The van der Waals surface area contributed by atoms with Gasteiger partial charge < -0.3 is 21.1 Å². The molecule has 1 saturated carbocycles. The maximum Gasteiger partial charge on any atom is 0.305 e. The summed E-state index contributed by atoms with van der Waals surface area (Å²) in [6.45, 7) is 13.6. The number of fused-ring (bicyclic) bond motifs is 1. The van der Waals surface area contributed by atoms with Gasteiger partial charge in [0, 0.05) is 32.5 Å². The maximum absolute atomic E-state index is 13.5. The number of aryl methyl sites for hydroxylation is 1. The minimum Gasteiger partial charge on any atom is -0.469 e. The first kappa shape index (κ1) is 30.0. The molecule has 38 heavy (non-hydrogen) atoms. The molecule has 1 aromatic rings. The number of amides is 1. The van der Waals surface area contributed by atoms with Crippen LogP contribution in [0.15, 0.2) is 17.1 Å². The summed E-state index contributed by atoms with van der Waals surface area (Å²) in [5.74, 6) is 0.976. The summed E-state index contributed by atoms with van der Waals surface area (Å²) >= 11 is 0. The van der Waals surface area contributed by atoms with Crippen molar-refractivity contribution in [3.05, 3.63) is 34.4 Å². The van der Waals surface area contributed by atoms with Crippen molar-refractivity contribution in [1.29, 1.82) is 0 Å². The minimum absolute atomic E-state index is 0.119. The molecule has 0 saturated heterocycles. The summed E-state index contributed by atoms with van der Waals surface area (Å²) in [5.41, 5.74) is 16.7. The number of guanidine groups is 1. The van der Waals surface area contributed by atoms with E-state index in [1.165, 1.54) is 35.8 Å². The number of carbonyl (C=O) groups excluding carboxylic acids is 2. The molecule has 212 valence electrons. The van der Waals surface area contributed by atoms with Gasteiger partial charge in [-0.3, -0.25) is 14.6 Å². The van der Waals surface area contributed by atoms with Gasteiger partial charge in [-0.05, 0) is 96.8 Å². The predicted octanol–water partition coefficient (Wildman–Crippen LogP) is 5.10. The molecule has 7 heteroatoms. The number of ether oxygens (including phenoxy) is 1. The van der Waals surface area contributed by atoms with Crippen LogP contribution >= 0.6 is 0 Å². The summed E-state index contributed by atoms with van der Waals surface area (Å²) < 4.78 is 4.77.